The first-order chi connectivity index (χ1) is 15.4. The second kappa shape index (κ2) is 7.92. The van der Waals surface area contributed by atoms with E-state index in [1.54, 1.807) is 30.3 Å². The standard InChI is InChI=1S/C23H19FN2O5S/c24-18-3-6-20(7-4-18)32(28,29)26-10-9-15-1-5-19(11-17(15)13-26)25-23(27)16-2-8-21-22(12-16)31-14-30-21/h1-8,11-12H,9-10,13-14H2,(H,25,27). The molecule has 7 nitrogen and oxygen atoms in total. The van der Waals surface area contributed by atoms with Gasteiger partial charge in [-0.25, -0.2) is 12.8 Å². The molecule has 32 heavy (non-hydrogen) atoms. The third-order valence-corrected chi connectivity index (χ3v) is 7.39. The van der Waals surface area contributed by atoms with Gasteiger partial charge >= 0.3 is 0 Å². The van der Waals surface area contributed by atoms with E-state index in [-0.39, 0.29) is 24.1 Å². The van der Waals surface area contributed by atoms with Crippen LogP contribution in [0.3, 0.4) is 0 Å². The monoisotopic (exact) mass is 454 g/mol. The molecule has 0 atom stereocenters. The van der Waals surface area contributed by atoms with Crippen LogP contribution in [0.5, 0.6) is 11.5 Å². The van der Waals surface area contributed by atoms with Crippen LogP contribution in [0.15, 0.2) is 65.6 Å². The van der Waals surface area contributed by atoms with Gasteiger partial charge in [-0.15, -0.1) is 0 Å². The molecular weight excluding hydrogens is 435 g/mol. The van der Waals surface area contributed by atoms with Crippen LogP contribution >= 0.6 is 0 Å². The zero-order valence-corrected chi connectivity index (χ0v) is 17.7. The number of carbonyl (C=O) groups is 1. The highest BCUT2D eigenvalue weighted by Crippen LogP contribution is 2.33. The average molecular weight is 454 g/mol. The Bertz CT molecular complexity index is 1310. The van der Waals surface area contributed by atoms with Gasteiger partial charge in [-0.05, 0) is 72.1 Å². The number of hydrogen-bond donors (Lipinski definition) is 1. The van der Waals surface area contributed by atoms with Gasteiger partial charge in [0.25, 0.3) is 5.91 Å². The minimum atomic E-state index is -3.75. The van der Waals surface area contributed by atoms with Gasteiger partial charge in [-0.2, -0.15) is 4.31 Å². The molecule has 0 aliphatic carbocycles. The minimum absolute atomic E-state index is 0.0506. The van der Waals surface area contributed by atoms with Gasteiger partial charge in [-0.3, -0.25) is 4.79 Å². The molecule has 2 heterocycles. The van der Waals surface area contributed by atoms with Crippen LogP contribution < -0.4 is 14.8 Å². The molecule has 3 aromatic carbocycles. The second-order valence-electron chi connectivity index (χ2n) is 7.55. The number of carbonyl (C=O) groups excluding carboxylic acids is 1. The van der Waals surface area contributed by atoms with E-state index in [4.69, 9.17) is 9.47 Å². The molecule has 2 aliphatic heterocycles. The highest BCUT2D eigenvalue weighted by atomic mass is 32.2. The van der Waals surface area contributed by atoms with Crippen molar-refractivity contribution in [2.45, 2.75) is 17.9 Å². The summed E-state index contributed by atoms with van der Waals surface area (Å²) in [6.45, 7) is 0.626. The van der Waals surface area contributed by atoms with Crippen LogP contribution in [0.2, 0.25) is 0 Å². The molecular formula is C23H19FN2O5S. The van der Waals surface area contributed by atoms with Crippen molar-refractivity contribution in [3.63, 3.8) is 0 Å². The van der Waals surface area contributed by atoms with Crippen molar-refractivity contribution in [2.24, 2.45) is 0 Å². The third kappa shape index (κ3) is 3.80. The first-order valence-electron chi connectivity index (χ1n) is 9.99. The van der Waals surface area contributed by atoms with Crippen LogP contribution in [0.4, 0.5) is 10.1 Å². The number of fused-ring (bicyclic) bond motifs is 2. The molecule has 0 radical (unpaired) electrons. The summed E-state index contributed by atoms with van der Waals surface area (Å²) in [5, 5.41) is 2.85. The Morgan fingerprint density at radius 3 is 2.53 bits per heavy atom. The molecule has 0 spiro atoms. The van der Waals surface area contributed by atoms with Crippen LogP contribution in [-0.4, -0.2) is 32.0 Å². The Balaban J connectivity index is 1.34. The predicted molar refractivity (Wildman–Crippen MR) is 115 cm³/mol. The first kappa shape index (κ1) is 20.5. The van der Waals surface area contributed by atoms with Crippen molar-refractivity contribution in [1.82, 2.24) is 4.31 Å². The Morgan fingerprint density at radius 1 is 0.938 bits per heavy atom. The molecule has 9 heteroatoms. The number of nitrogens with one attached hydrogen (secondary N) is 1. The maximum absolute atomic E-state index is 13.2. The summed E-state index contributed by atoms with van der Waals surface area (Å²) in [5.74, 6) is 0.313. The summed E-state index contributed by atoms with van der Waals surface area (Å²) in [4.78, 5) is 12.7. The number of rotatable bonds is 4. The van der Waals surface area contributed by atoms with Gasteiger partial charge in [0.05, 0.1) is 4.90 Å². The summed E-state index contributed by atoms with van der Waals surface area (Å²) < 4.78 is 51.1. The number of amides is 1. The van der Waals surface area contributed by atoms with E-state index in [2.05, 4.69) is 5.32 Å². The highest BCUT2D eigenvalue weighted by Gasteiger charge is 2.28. The lowest BCUT2D eigenvalue weighted by molar-refractivity contribution is 0.102. The molecule has 164 valence electrons. The second-order valence-corrected chi connectivity index (χ2v) is 9.49. The molecule has 3 aromatic rings. The van der Waals surface area contributed by atoms with E-state index in [0.717, 1.165) is 23.3 Å². The number of halogens is 1. The van der Waals surface area contributed by atoms with Crippen molar-refractivity contribution < 1.29 is 27.1 Å². The predicted octanol–water partition coefficient (Wildman–Crippen LogP) is 3.55. The smallest absolute Gasteiger partial charge is 0.255 e. The van der Waals surface area contributed by atoms with E-state index in [1.807, 2.05) is 6.07 Å². The van der Waals surface area contributed by atoms with Crippen molar-refractivity contribution in [3.05, 3.63) is 83.2 Å². The molecule has 0 fully saturated rings. The van der Waals surface area contributed by atoms with Gasteiger partial charge < -0.3 is 14.8 Å². The molecule has 0 saturated carbocycles. The van der Waals surface area contributed by atoms with E-state index in [1.165, 1.54) is 16.4 Å². The zero-order chi connectivity index (χ0) is 22.3. The Labute approximate surface area is 184 Å². The fraction of sp³-hybridized carbons (Fsp3) is 0.174. The summed E-state index contributed by atoms with van der Waals surface area (Å²) in [6.07, 6.45) is 0.548. The topological polar surface area (TPSA) is 84.9 Å². The van der Waals surface area contributed by atoms with Gasteiger partial charge in [0.2, 0.25) is 16.8 Å². The van der Waals surface area contributed by atoms with Crippen molar-refractivity contribution in [2.75, 3.05) is 18.7 Å². The number of hydrogen-bond acceptors (Lipinski definition) is 5. The van der Waals surface area contributed by atoms with E-state index in [0.29, 0.717) is 35.7 Å². The molecule has 1 N–H and O–H groups in total. The van der Waals surface area contributed by atoms with Crippen molar-refractivity contribution in [3.8, 4) is 11.5 Å². The SMILES string of the molecule is O=C(Nc1ccc2c(c1)CN(S(=O)(=O)c1ccc(F)cc1)CC2)c1ccc2c(c1)OCO2. The number of ether oxygens (including phenoxy) is 2. The lowest BCUT2D eigenvalue weighted by Crippen LogP contribution is -2.36. The Morgan fingerprint density at radius 2 is 1.72 bits per heavy atom. The lowest BCUT2D eigenvalue weighted by atomic mass is 10.0. The van der Waals surface area contributed by atoms with Crippen LogP contribution in [0.25, 0.3) is 0 Å². The van der Waals surface area contributed by atoms with Gasteiger partial charge in [-0.1, -0.05) is 6.07 Å². The quantitative estimate of drug-likeness (QED) is 0.652. The number of nitrogens with zero attached hydrogens (tertiary/aromatic N) is 1. The molecule has 2 aliphatic rings. The first-order valence-corrected chi connectivity index (χ1v) is 11.4. The maximum atomic E-state index is 13.2. The summed E-state index contributed by atoms with van der Waals surface area (Å²) in [7, 11) is -3.75. The van der Waals surface area contributed by atoms with E-state index >= 15 is 0 Å². The molecule has 0 bridgehead atoms. The largest absolute Gasteiger partial charge is 0.454 e. The Kier molecular flexibility index (Phi) is 5.07. The maximum Gasteiger partial charge on any atom is 0.255 e. The fourth-order valence-corrected chi connectivity index (χ4v) is 5.23. The van der Waals surface area contributed by atoms with Crippen molar-refractivity contribution >= 4 is 21.6 Å². The fourth-order valence-electron chi connectivity index (χ4n) is 3.81. The average Bonchev–Trinajstić information content (AvgIpc) is 3.27. The Hall–Kier alpha value is -3.43. The van der Waals surface area contributed by atoms with Gasteiger partial charge in [0.15, 0.2) is 11.5 Å². The number of sulfonamides is 1. The van der Waals surface area contributed by atoms with Crippen molar-refractivity contribution in [1.29, 1.82) is 0 Å². The number of benzene rings is 3. The van der Waals surface area contributed by atoms with Crippen LogP contribution in [0, 0.1) is 5.82 Å². The summed E-state index contributed by atoms with van der Waals surface area (Å²) in [5.41, 5.74) is 2.82. The third-order valence-electron chi connectivity index (χ3n) is 5.53. The summed E-state index contributed by atoms with van der Waals surface area (Å²) >= 11 is 0. The molecule has 0 aromatic heterocycles. The molecule has 1 amide bonds. The zero-order valence-electron chi connectivity index (χ0n) is 16.9. The molecule has 0 unspecified atom stereocenters. The highest BCUT2D eigenvalue weighted by molar-refractivity contribution is 7.89. The number of anilines is 1. The van der Waals surface area contributed by atoms with Crippen LogP contribution in [0.1, 0.15) is 21.5 Å². The van der Waals surface area contributed by atoms with Gasteiger partial charge in [0, 0.05) is 24.3 Å². The summed E-state index contributed by atoms with van der Waals surface area (Å²) in [6, 6.07) is 15.2. The normalized spacial score (nSPS) is 15.3. The van der Waals surface area contributed by atoms with E-state index < -0.39 is 15.8 Å². The van der Waals surface area contributed by atoms with Crippen LogP contribution in [-0.2, 0) is 23.0 Å². The molecule has 5 rings (SSSR count). The lowest BCUT2D eigenvalue weighted by Gasteiger charge is -2.28. The molecule has 0 saturated heterocycles. The van der Waals surface area contributed by atoms with Gasteiger partial charge in [0.1, 0.15) is 5.82 Å². The minimum Gasteiger partial charge on any atom is -0.454 e. The van der Waals surface area contributed by atoms with E-state index in [9.17, 15) is 17.6 Å².